The molecule has 1 aliphatic rings. The van der Waals surface area contributed by atoms with E-state index in [9.17, 15) is 4.79 Å². The van der Waals surface area contributed by atoms with Crippen LogP contribution in [0.1, 0.15) is 46.1 Å². The number of amides is 1. The van der Waals surface area contributed by atoms with E-state index in [1.165, 1.54) is 5.56 Å². The van der Waals surface area contributed by atoms with Gasteiger partial charge in [0.2, 0.25) is 0 Å². The van der Waals surface area contributed by atoms with Gasteiger partial charge in [-0.2, -0.15) is 5.10 Å². The molecule has 5 heteroatoms. The van der Waals surface area contributed by atoms with Crippen LogP contribution in [0.2, 0.25) is 0 Å². The number of aryl methyl sites for hydroxylation is 1. The van der Waals surface area contributed by atoms with E-state index in [0.29, 0.717) is 18.0 Å². The predicted molar refractivity (Wildman–Crippen MR) is 118 cm³/mol. The molecule has 0 bridgehead atoms. The zero-order chi connectivity index (χ0) is 20.5. The molecule has 0 spiro atoms. The van der Waals surface area contributed by atoms with Gasteiger partial charge in [0, 0.05) is 18.2 Å². The van der Waals surface area contributed by atoms with E-state index in [-0.39, 0.29) is 5.91 Å². The number of para-hydroxylation sites is 1. The molecule has 0 unspecified atom stereocenters. The summed E-state index contributed by atoms with van der Waals surface area (Å²) in [6, 6.07) is 22.2. The number of nitrogens with zero attached hydrogens (tertiary/aromatic N) is 3. The lowest BCUT2D eigenvalue weighted by atomic mass is 10.1. The van der Waals surface area contributed by atoms with E-state index in [1.807, 2.05) is 66.2 Å². The van der Waals surface area contributed by atoms with Crippen LogP contribution in [0.5, 0.6) is 0 Å². The van der Waals surface area contributed by atoms with Crippen LogP contribution < -0.4 is 5.32 Å². The molecular formula is C25H24N4O. The number of aromatic nitrogens is 3. The highest BCUT2D eigenvalue weighted by molar-refractivity contribution is 6.06. The fourth-order valence-corrected chi connectivity index (χ4v) is 3.89. The molecule has 2 aromatic carbocycles. The van der Waals surface area contributed by atoms with Gasteiger partial charge in [0.25, 0.3) is 5.91 Å². The maximum absolute atomic E-state index is 13.2. The summed E-state index contributed by atoms with van der Waals surface area (Å²) < 4.78 is 1.86. The highest BCUT2D eigenvalue weighted by atomic mass is 16.1. The van der Waals surface area contributed by atoms with E-state index in [0.717, 1.165) is 47.4 Å². The molecular weight excluding hydrogens is 372 g/mol. The van der Waals surface area contributed by atoms with Crippen LogP contribution in [0.25, 0.3) is 16.7 Å². The first-order chi connectivity index (χ1) is 14.7. The normalized spacial score (nSPS) is 13.5. The molecule has 1 aliphatic carbocycles. The number of hydrogen-bond acceptors (Lipinski definition) is 3. The quantitative estimate of drug-likeness (QED) is 0.519. The number of fused-ring (bicyclic) bond motifs is 1. The van der Waals surface area contributed by atoms with Crippen LogP contribution in [-0.4, -0.2) is 27.2 Å². The van der Waals surface area contributed by atoms with Gasteiger partial charge in [-0.1, -0.05) is 48.5 Å². The topological polar surface area (TPSA) is 59.8 Å². The Labute approximate surface area is 175 Å². The van der Waals surface area contributed by atoms with Crippen LogP contribution in [-0.2, 0) is 6.42 Å². The van der Waals surface area contributed by atoms with Gasteiger partial charge in [-0.15, -0.1) is 0 Å². The van der Waals surface area contributed by atoms with Crippen LogP contribution in [0.4, 0.5) is 0 Å². The van der Waals surface area contributed by atoms with Crippen molar-refractivity contribution in [3.8, 4) is 5.69 Å². The van der Waals surface area contributed by atoms with Gasteiger partial charge < -0.3 is 5.32 Å². The van der Waals surface area contributed by atoms with Crippen molar-refractivity contribution in [1.82, 2.24) is 20.1 Å². The van der Waals surface area contributed by atoms with Gasteiger partial charge in [0.1, 0.15) is 0 Å². The Hall–Kier alpha value is -3.47. The third-order valence-corrected chi connectivity index (χ3v) is 5.62. The Bertz CT molecular complexity index is 1190. The predicted octanol–water partition coefficient (Wildman–Crippen LogP) is 4.58. The SMILES string of the molecule is Cc1nn(-c2ccccc2)c2nc(C3CC3)cc(C(=O)NCCc3ccccc3)c12. The van der Waals surface area contributed by atoms with Gasteiger partial charge in [-0.3, -0.25) is 4.79 Å². The van der Waals surface area contributed by atoms with Crippen molar-refractivity contribution in [2.45, 2.75) is 32.1 Å². The van der Waals surface area contributed by atoms with Gasteiger partial charge >= 0.3 is 0 Å². The van der Waals surface area contributed by atoms with E-state index >= 15 is 0 Å². The molecule has 0 saturated heterocycles. The third-order valence-electron chi connectivity index (χ3n) is 5.62. The molecule has 150 valence electrons. The number of pyridine rings is 1. The summed E-state index contributed by atoms with van der Waals surface area (Å²) in [5.74, 6) is 0.389. The average Bonchev–Trinajstić information content (AvgIpc) is 3.58. The fourth-order valence-electron chi connectivity index (χ4n) is 3.89. The van der Waals surface area contributed by atoms with Gasteiger partial charge in [-0.05, 0) is 49.9 Å². The van der Waals surface area contributed by atoms with Gasteiger partial charge in [0.05, 0.1) is 22.3 Å². The molecule has 0 atom stereocenters. The summed E-state index contributed by atoms with van der Waals surface area (Å²) in [5.41, 5.74) is 5.41. The minimum Gasteiger partial charge on any atom is -0.352 e. The number of benzene rings is 2. The highest BCUT2D eigenvalue weighted by Crippen LogP contribution is 2.40. The Kier molecular flexibility index (Phi) is 4.79. The number of nitrogens with one attached hydrogen (secondary N) is 1. The largest absolute Gasteiger partial charge is 0.352 e. The van der Waals surface area contributed by atoms with Crippen LogP contribution in [0, 0.1) is 6.92 Å². The molecule has 5 rings (SSSR count). The van der Waals surface area contributed by atoms with Crippen molar-refractivity contribution in [3.63, 3.8) is 0 Å². The molecule has 5 nitrogen and oxygen atoms in total. The van der Waals surface area contributed by atoms with Crippen LogP contribution >= 0.6 is 0 Å². The molecule has 1 fully saturated rings. The first kappa shape index (κ1) is 18.6. The Morgan fingerprint density at radius 3 is 2.47 bits per heavy atom. The Morgan fingerprint density at radius 2 is 1.77 bits per heavy atom. The first-order valence-corrected chi connectivity index (χ1v) is 10.5. The molecule has 1 saturated carbocycles. The summed E-state index contributed by atoms with van der Waals surface area (Å²) in [6.07, 6.45) is 3.07. The first-order valence-electron chi connectivity index (χ1n) is 10.5. The molecule has 2 aromatic heterocycles. The molecule has 30 heavy (non-hydrogen) atoms. The van der Waals surface area contributed by atoms with E-state index in [1.54, 1.807) is 0 Å². The lowest BCUT2D eigenvalue weighted by Gasteiger charge is -2.10. The summed E-state index contributed by atoms with van der Waals surface area (Å²) in [4.78, 5) is 18.1. The number of carbonyl (C=O) groups excluding carboxylic acids is 1. The zero-order valence-electron chi connectivity index (χ0n) is 17.0. The lowest BCUT2D eigenvalue weighted by Crippen LogP contribution is -2.26. The van der Waals surface area contributed by atoms with Gasteiger partial charge in [0.15, 0.2) is 5.65 Å². The molecule has 1 amide bonds. The summed E-state index contributed by atoms with van der Waals surface area (Å²) in [6.45, 7) is 2.54. The maximum atomic E-state index is 13.2. The molecule has 1 N–H and O–H groups in total. The van der Waals surface area contributed by atoms with Gasteiger partial charge in [-0.25, -0.2) is 9.67 Å². The number of rotatable bonds is 6. The average molecular weight is 396 g/mol. The second-order valence-corrected chi connectivity index (χ2v) is 7.89. The fraction of sp³-hybridized carbons (Fsp3) is 0.240. The summed E-state index contributed by atoms with van der Waals surface area (Å²) >= 11 is 0. The zero-order valence-corrected chi connectivity index (χ0v) is 17.0. The van der Waals surface area contributed by atoms with Crippen LogP contribution in [0.3, 0.4) is 0 Å². The molecule has 2 heterocycles. The molecule has 0 radical (unpaired) electrons. The standard InChI is InChI=1S/C25H24N4O/c1-17-23-21(25(30)26-15-14-18-8-4-2-5-9-18)16-22(19-12-13-19)27-24(23)29(28-17)20-10-6-3-7-11-20/h2-11,16,19H,12-15H2,1H3,(H,26,30). The summed E-state index contributed by atoms with van der Waals surface area (Å²) in [7, 11) is 0. The number of carbonyl (C=O) groups is 1. The molecule has 0 aliphatic heterocycles. The summed E-state index contributed by atoms with van der Waals surface area (Å²) in [5, 5.41) is 8.66. The van der Waals surface area contributed by atoms with Crippen molar-refractivity contribution >= 4 is 16.9 Å². The van der Waals surface area contributed by atoms with Crippen LogP contribution in [0.15, 0.2) is 66.7 Å². The van der Waals surface area contributed by atoms with Crippen molar-refractivity contribution in [1.29, 1.82) is 0 Å². The van der Waals surface area contributed by atoms with Crippen molar-refractivity contribution in [2.24, 2.45) is 0 Å². The van der Waals surface area contributed by atoms with E-state index < -0.39 is 0 Å². The van der Waals surface area contributed by atoms with Crippen molar-refractivity contribution < 1.29 is 4.79 Å². The second kappa shape index (κ2) is 7.75. The van der Waals surface area contributed by atoms with Crippen molar-refractivity contribution in [2.75, 3.05) is 6.54 Å². The minimum atomic E-state index is -0.0593. The second-order valence-electron chi connectivity index (χ2n) is 7.89. The molecule has 4 aromatic rings. The van der Waals surface area contributed by atoms with Crippen molar-refractivity contribution in [3.05, 3.63) is 89.2 Å². The lowest BCUT2D eigenvalue weighted by molar-refractivity contribution is 0.0955. The minimum absolute atomic E-state index is 0.0593. The third kappa shape index (κ3) is 3.59. The monoisotopic (exact) mass is 396 g/mol. The van der Waals surface area contributed by atoms with E-state index in [2.05, 4.69) is 17.4 Å². The maximum Gasteiger partial charge on any atom is 0.252 e. The van der Waals surface area contributed by atoms with E-state index in [4.69, 9.17) is 10.1 Å². The Morgan fingerprint density at radius 1 is 1.07 bits per heavy atom. The Balaban J connectivity index is 1.50. The smallest absolute Gasteiger partial charge is 0.252 e. The highest BCUT2D eigenvalue weighted by Gasteiger charge is 2.29. The number of hydrogen-bond donors (Lipinski definition) is 1.